The number of fused-ring (bicyclic) bond motifs is 1. The predicted octanol–water partition coefficient (Wildman–Crippen LogP) is 2.49. The van der Waals surface area contributed by atoms with E-state index in [1.165, 1.54) is 18.2 Å². The molecule has 0 spiro atoms. The van der Waals surface area contributed by atoms with E-state index in [9.17, 15) is 18.9 Å². The Bertz CT molecular complexity index is 1070. The molecule has 1 fully saturated rings. The lowest BCUT2D eigenvalue weighted by Gasteiger charge is -2.29. The maximum Gasteiger partial charge on any atom is 0.285 e. The topological polar surface area (TPSA) is 106 Å². The van der Waals surface area contributed by atoms with E-state index in [4.69, 9.17) is 5.26 Å². The fourth-order valence-corrected chi connectivity index (χ4v) is 4.23. The van der Waals surface area contributed by atoms with Crippen LogP contribution in [-0.2, 0) is 11.2 Å². The summed E-state index contributed by atoms with van der Waals surface area (Å²) >= 11 is 0. The van der Waals surface area contributed by atoms with Crippen molar-refractivity contribution < 1.29 is 13.9 Å². The lowest BCUT2D eigenvalue weighted by atomic mass is 9.83. The molecule has 2 aromatic rings. The van der Waals surface area contributed by atoms with Gasteiger partial charge in [0, 0.05) is 51.4 Å². The summed E-state index contributed by atoms with van der Waals surface area (Å²) in [6, 6.07) is 4.79. The molecular formula is C21H24FN4O3+. The van der Waals surface area contributed by atoms with Gasteiger partial charge in [-0.05, 0) is 44.0 Å². The highest BCUT2D eigenvalue weighted by Gasteiger charge is 2.44. The summed E-state index contributed by atoms with van der Waals surface area (Å²) in [6.45, 7) is 5.28. The lowest BCUT2D eigenvalue weighted by Crippen LogP contribution is -2.50. The number of carbonyl (C=O) groups excluding carboxylic acids is 1. The van der Waals surface area contributed by atoms with E-state index in [2.05, 4.69) is 10.3 Å². The summed E-state index contributed by atoms with van der Waals surface area (Å²) in [4.78, 5) is 39.9. The molecule has 3 rings (SSSR count). The van der Waals surface area contributed by atoms with Crippen LogP contribution < -0.4 is 10.9 Å². The van der Waals surface area contributed by atoms with Crippen LogP contribution in [-0.4, -0.2) is 33.8 Å². The Morgan fingerprint density at radius 3 is 2.86 bits per heavy atom. The van der Waals surface area contributed by atoms with Crippen molar-refractivity contribution in [3.63, 3.8) is 0 Å². The average molecular weight is 399 g/mol. The Morgan fingerprint density at radius 1 is 1.45 bits per heavy atom. The first-order valence-corrected chi connectivity index (χ1v) is 9.68. The molecule has 1 aromatic heterocycles. The number of nitroso groups, excluding NO2 is 1. The highest BCUT2D eigenvalue weighted by Crippen LogP contribution is 2.27. The Kier molecular flexibility index (Phi) is 5.78. The maximum absolute atomic E-state index is 13.6. The summed E-state index contributed by atoms with van der Waals surface area (Å²) < 4.78 is 14.4. The third kappa shape index (κ3) is 4.04. The van der Waals surface area contributed by atoms with Gasteiger partial charge in [0.25, 0.3) is 11.6 Å². The van der Waals surface area contributed by atoms with Crippen LogP contribution in [0.4, 0.5) is 4.39 Å². The van der Waals surface area contributed by atoms with Gasteiger partial charge in [0.2, 0.25) is 11.9 Å². The number of aryl methyl sites for hydroxylation is 1. The highest BCUT2D eigenvalue weighted by atomic mass is 19.1. The van der Waals surface area contributed by atoms with Crippen LogP contribution >= 0.6 is 0 Å². The molecule has 1 amide bonds. The van der Waals surface area contributed by atoms with E-state index in [-0.39, 0.29) is 29.8 Å². The Labute approximate surface area is 167 Å². The minimum Gasteiger partial charge on any atom is -0.353 e. The number of halogens is 1. The van der Waals surface area contributed by atoms with Crippen molar-refractivity contribution in [3.05, 3.63) is 50.4 Å². The third-order valence-electron chi connectivity index (χ3n) is 5.98. The Hall–Kier alpha value is -3.08. The first-order chi connectivity index (χ1) is 13.7. The second kappa shape index (κ2) is 8.11. The number of nitrogens with zero attached hydrogens (tertiary/aromatic N) is 2. The molecule has 2 heterocycles. The van der Waals surface area contributed by atoms with E-state index < -0.39 is 17.9 Å². The van der Waals surface area contributed by atoms with Crippen molar-refractivity contribution >= 4 is 16.8 Å². The molecule has 1 aliphatic rings. The smallest absolute Gasteiger partial charge is 0.285 e. The molecule has 0 aliphatic carbocycles. The van der Waals surface area contributed by atoms with E-state index in [0.29, 0.717) is 34.9 Å². The molecule has 152 valence electrons. The van der Waals surface area contributed by atoms with Gasteiger partial charge in [-0.1, -0.05) is 0 Å². The summed E-state index contributed by atoms with van der Waals surface area (Å²) in [7, 11) is 0. The second-order valence-electron chi connectivity index (χ2n) is 7.77. The van der Waals surface area contributed by atoms with Gasteiger partial charge in [0.05, 0.1) is 6.42 Å². The van der Waals surface area contributed by atoms with Crippen molar-refractivity contribution in [2.45, 2.75) is 58.2 Å². The predicted molar refractivity (Wildman–Crippen MR) is 106 cm³/mol. The number of benzene rings is 1. The van der Waals surface area contributed by atoms with Crippen LogP contribution in [0, 0.1) is 34.9 Å². The normalized spacial score (nSPS) is 22.9. The molecule has 1 aromatic carbocycles. The number of H-pyrrole nitrogens is 1. The number of nitrogens with one attached hydrogen (secondary N) is 2. The number of hydrogen-bond donors (Lipinski definition) is 2. The van der Waals surface area contributed by atoms with E-state index in [1.54, 1.807) is 13.8 Å². The van der Waals surface area contributed by atoms with Crippen molar-refractivity contribution in [1.82, 2.24) is 10.3 Å². The SMILES string of the molecule is Cc1c(CC(=O)N[C@H](C)C2CCC(C#N)[N+](=O)C2C)c(=O)[nH]c2ccc(F)cc12. The third-order valence-corrected chi connectivity index (χ3v) is 5.98. The van der Waals surface area contributed by atoms with Gasteiger partial charge in [0.1, 0.15) is 11.9 Å². The molecule has 1 saturated heterocycles. The molecular weight excluding hydrogens is 375 g/mol. The highest BCUT2D eigenvalue weighted by molar-refractivity contribution is 5.85. The summed E-state index contributed by atoms with van der Waals surface area (Å²) in [5.41, 5.74) is 1.00. The number of amides is 1. The molecule has 1 aliphatic heterocycles. The average Bonchev–Trinajstić information content (AvgIpc) is 2.67. The number of carbonyl (C=O) groups is 1. The zero-order chi connectivity index (χ0) is 21.3. The molecule has 7 nitrogen and oxygen atoms in total. The van der Waals surface area contributed by atoms with Crippen LogP contribution in [0.15, 0.2) is 23.0 Å². The monoisotopic (exact) mass is 399 g/mol. The minimum absolute atomic E-state index is 0.0915. The van der Waals surface area contributed by atoms with Crippen molar-refractivity contribution in [2.24, 2.45) is 5.92 Å². The molecule has 2 N–H and O–H groups in total. The van der Waals surface area contributed by atoms with Crippen LogP contribution in [0.25, 0.3) is 10.9 Å². The fourth-order valence-electron chi connectivity index (χ4n) is 4.23. The molecule has 29 heavy (non-hydrogen) atoms. The minimum atomic E-state index is -0.650. The maximum atomic E-state index is 13.6. The van der Waals surface area contributed by atoms with Gasteiger partial charge in [-0.3, -0.25) is 9.59 Å². The molecule has 3 unspecified atom stereocenters. The lowest BCUT2D eigenvalue weighted by molar-refractivity contribution is -0.623. The number of pyridine rings is 1. The number of piperidine rings is 1. The van der Waals surface area contributed by atoms with Crippen molar-refractivity contribution in [1.29, 1.82) is 5.26 Å². The number of rotatable bonds is 4. The largest absolute Gasteiger partial charge is 0.353 e. The zero-order valence-corrected chi connectivity index (χ0v) is 16.7. The first kappa shape index (κ1) is 20.6. The summed E-state index contributed by atoms with van der Waals surface area (Å²) in [5, 5.41) is 12.5. The quantitative estimate of drug-likeness (QED) is 0.771. The molecule has 4 atom stereocenters. The fraction of sp³-hybridized carbons (Fsp3) is 0.476. The van der Waals surface area contributed by atoms with Crippen molar-refractivity contribution in [3.8, 4) is 6.07 Å². The van der Waals surface area contributed by atoms with E-state index in [1.807, 2.05) is 13.0 Å². The van der Waals surface area contributed by atoms with E-state index >= 15 is 0 Å². The molecule has 0 bridgehead atoms. The van der Waals surface area contributed by atoms with Crippen LogP contribution in [0.1, 0.15) is 37.8 Å². The van der Waals surface area contributed by atoms with Crippen LogP contribution in [0.2, 0.25) is 0 Å². The summed E-state index contributed by atoms with van der Waals surface area (Å²) in [6.07, 6.45) is 0.986. The van der Waals surface area contributed by atoms with Gasteiger partial charge in [-0.2, -0.15) is 5.26 Å². The van der Waals surface area contributed by atoms with Crippen LogP contribution in [0.5, 0.6) is 0 Å². The second-order valence-corrected chi connectivity index (χ2v) is 7.77. The number of aromatic amines is 1. The number of aromatic nitrogens is 1. The van der Waals surface area contributed by atoms with Gasteiger partial charge in [-0.15, -0.1) is 0 Å². The number of nitriles is 1. The first-order valence-electron chi connectivity index (χ1n) is 9.68. The van der Waals surface area contributed by atoms with E-state index in [0.717, 1.165) is 4.76 Å². The zero-order valence-electron chi connectivity index (χ0n) is 16.7. The molecule has 8 heteroatoms. The summed E-state index contributed by atoms with van der Waals surface area (Å²) in [5.74, 6) is -0.846. The van der Waals surface area contributed by atoms with Crippen molar-refractivity contribution in [2.75, 3.05) is 0 Å². The van der Waals surface area contributed by atoms with Gasteiger partial charge >= 0.3 is 0 Å². The standard InChI is InChI=1S/C21H23FN4O3/c1-11-17-8-14(22)4-7-19(17)25-21(28)18(11)9-20(27)24-12(2)16-6-5-15(10-23)26(29)13(16)3/h4,7-8,12-13,15-16H,5-6,9H2,1-3H3,(H-,24,25,27,28)/p+1/t12-,13?,15?,16?/m1/s1. The van der Waals surface area contributed by atoms with Gasteiger partial charge in [-0.25, -0.2) is 4.39 Å². The molecule has 0 radical (unpaired) electrons. The van der Waals surface area contributed by atoms with Gasteiger partial charge in [0.15, 0.2) is 0 Å². The Balaban J connectivity index is 1.75. The molecule has 0 saturated carbocycles. The van der Waals surface area contributed by atoms with Gasteiger partial charge < -0.3 is 10.3 Å². The van der Waals surface area contributed by atoms with Crippen LogP contribution in [0.3, 0.4) is 0 Å². The Morgan fingerprint density at radius 2 is 2.17 bits per heavy atom. The number of hydrogen-bond acceptors (Lipinski definition) is 4.